The quantitative estimate of drug-likeness (QED) is 0.795. The van der Waals surface area contributed by atoms with E-state index in [-0.39, 0.29) is 11.8 Å². The van der Waals surface area contributed by atoms with E-state index in [0.29, 0.717) is 42.2 Å². The number of nitrogens with zero attached hydrogens (tertiary/aromatic N) is 4. The molecular formula is C19H27N5O3. The van der Waals surface area contributed by atoms with Gasteiger partial charge in [-0.2, -0.15) is 0 Å². The van der Waals surface area contributed by atoms with Crippen molar-refractivity contribution in [2.24, 2.45) is 5.92 Å². The van der Waals surface area contributed by atoms with Crippen LogP contribution in [0, 0.1) is 5.92 Å². The summed E-state index contributed by atoms with van der Waals surface area (Å²) >= 11 is 0. The lowest BCUT2D eigenvalue weighted by Gasteiger charge is -2.31. The Morgan fingerprint density at radius 1 is 1.33 bits per heavy atom. The van der Waals surface area contributed by atoms with E-state index in [1.54, 1.807) is 19.2 Å². The van der Waals surface area contributed by atoms with Crippen LogP contribution in [0.4, 0.5) is 0 Å². The minimum atomic E-state index is -0.0975. The van der Waals surface area contributed by atoms with E-state index in [9.17, 15) is 4.79 Å². The fraction of sp³-hybridized carbons (Fsp3) is 0.579. The van der Waals surface area contributed by atoms with Crippen LogP contribution in [0.25, 0.3) is 0 Å². The number of carbonyl (C=O) groups excluding carboxylic acids is 1. The highest BCUT2D eigenvalue weighted by Gasteiger charge is 2.22. The van der Waals surface area contributed by atoms with Crippen LogP contribution in [-0.4, -0.2) is 52.7 Å². The highest BCUT2D eigenvalue weighted by molar-refractivity contribution is 5.93. The van der Waals surface area contributed by atoms with Crippen molar-refractivity contribution in [3.05, 3.63) is 35.7 Å². The molecule has 146 valence electrons. The molecule has 1 N–H and O–H groups in total. The standard InChI is InChI=1S/C19H27N5O3/c1-13(2)19-23-22-17(27-19)12-24-8-6-14(7-9-24)10-21-18(25)15-4-5-16(26-3)20-11-15/h4-5,11,13-14H,6-10,12H2,1-3H3,(H,21,25). The Labute approximate surface area is 159 Å². The van der Waals surface area contributed by atoms with E-state index in [2.05, 4.69) is 25.4 Å². The monoisotopic (exact) mass is 373 g/mol. The molecule has 1 aliphatic heterocycles. The van der Waals surface area contributed by atoms with E-state index >= 15 is 0 Å². The van der Waals surface area contributed by atoms with E-state index in [0.717, 1.165) is 25.9 Å². The molecule has 2 aromatic heterocycles. The Kier molecular flexibility index (Phi) is 6.39. The van der Waals surface area contributed by atoms with Crippen molar-refractivity contribution >= 4 is 5.91 Å². The van der Waals surface area contributed by atoms with Gasteiger partial charge >= 0.3 is 0 Å². The predicted molar refractivity (Wildman–Crippen MR) is 99.5 cm³/mol. The largest absolute Gasteiger partial charge is 0.481 e. The van der Waals surface area contributed by atoms with Crippen LogP contribution in [-0.2, 0) is 6.54 Å². The summed E-state index contributed by atoms with van der Waals surface area (Å²) in [6, 6.07) is 3.41. The van der Waals surface area contributed by atoms with Crippen LogP contribution in [0.1, 0.15) is 54.7 Å². The molecule has 27 heavy (non-hydrogen) atoms. The van der Waals surface area contributed by atoms with Gasteiger partial charge in [-0.25, -0.2) is 4.98 Å². The molecule has 0 radical (unpaired) electrons. The zero-order valence-corrected chi connectivity index (χ0v) is 16.1. The topological polar surface area (TPSA) is 93.4 Å². The first-order chi connectivity index (χ1) is 13.0. The summed E-state index contributed by atoms with van der Waals surface area (Å²) < 4.78 is 10.7. The Bertz CT molecular complexity index is 736. The van der Waals surface area contributed by atoms with Crippen LogP contribution in [0.3, 0.4) is 0 Å². The van der Waals surface area contributed by atoms with Gasteiger partial charge in [-0.3, -0.25) is 9.69 Å². The molecule has 8 nitrogen and oxygen atoms in total. The van der Waals surface area contributed by atoms with Gasteiger partial charge in [0.2, 0.25) is 17.7 Å². The predicted octanol–water partition coefficient (Wildman–Crippen LogP) is 2.24. The molecule has 3 rings (SSSR count). The van der Waals surface area contributed by atoms with Gasteiger partial charge in [0, 0.05) is 24.7 Å². The Balaban J connectivity index is 1.40. The summed E-state index contributed by atoms with van der Waals surface area (Å²) in [7, 11) is 1.55. The summed E-state index contributed by atoms with van der Waals surface area (Å²) in [5, 5.41) is 11.2. The second-order valence-electron chi connectivity index (χ2n) is 7.21. The number of rotatable bonds is 7. The first-order valence-electron chi connectivity index (χ1n) is 9.38. The van der Waals surface area contributed by atoms with Crippen molar-refractivity contribution in [1.29, 1.82) is 0 Å². The fourth-order valence-electron chi connectivity index (χ4n) is 3.08. The molecule has 1 fully saturated rings. The SMILES string of the molecule is COc1ccc(C(=O)NCC2CCN(Cc3nnc(C(C)C)o3)CC2)cn1. The zero-order valence-electron chi connectivity index (χ0n) is 16.1. The molecule has 2 aromatic rings. The Morgan fingerprint density at radius 3 is 2.70 bits per heavy atom. The highest BCUT2D eigenvalue weighted by atomic mass is 16.5. The van der Waals surface area contributed by atoms with Crippen molar-refractivity contribution < 1.29 is 13.9 Å². The van der Waals surface area contributed by atoms with Gasteiger partial charge in [0.05, 0.1) is 19.2 Å². The number of aromatic nitrogens is 3. The molecular weight excluding hydrogens is 346 g/mol. The molecule has 0 saturated carbocycles. The van der Waals surface area contributed by atoms with Crippen LogP contribution in [0.2, 0.25) is 0 Å². The van der Waals surface area contributed by atoms with Crippen LogP contribution in [0.5, 0.6) is 5.88 Å². The van der Waals surface area contributed by atoms with Gasteiger partial charge in [-0.1, -0.05) is 13.8 Å². The normalized spacial score (nSPS) is 15.9. The second kappa shape index (κ2) is 8.94. The molecule has 0 aliphatic carbocycles. The molecule has 8 heteroatoms. The minimum Gasteiger partial charge on any atom is -0.481 e. The van der Waals surface area contributed by atoms with E-state index < -0.39 is 0 Å². The third-order valence-corrected chi connectivity index (χ3v) is 4.80. The molecule has 0 atom stereocenters. The van der Waals surface area contributed by atoms with Crippen LogP contribution >= 0.6 is 0 Å². The van der Waals surface area contributed by atoms with Crippen molar-refractivity contribution in [2.45, 2.75) is 39.2 Å². The van der Waals surface area contributed by atoms with Gasteiger partial charge < -0.3 is 14.5 Å². The number of methoxy groups -OCH3 is 1. The summed E-state index contributed by atoms with van der Waals surface area (Å²) in [6.07, 6.45) is 3.60. The van der Waals surface area contributed by atoms with Gasteiger partial charge in [0.25, 0.3) is 5.91 Å². The smallest absolute Gasteiger partial charge is 0.252 e. The molecule has 1 saturated heterocycles. The maximum Gasteiger partial charge on any atom is 0.252 e. The number of pyridine rings is 1. The number of carbonyl (C=O) groups is 1. The number of amides is 1. The first-order valence-corrected chi connectivity index (χ1v) is 9.38. The number of hydrogen-bond acceptors (Lipinski definition) is 7. The van der Waals surface area contributed by atoms with Gasteiger partial charge in [0.15, 0.2) is 0 Å². The Morgan fingerprint density at radius 2 is 2.11 bits per heavy atom. The number of nitrogens with one attached hydrogen (secondary N) is 1. The third kappa shape index (κ3) is 5.26. The van der Waals surface area contributed by atoms with Crippen molar-refractivity contribution in [3.8, 4) is 5.88 Å². The van der Waals surface area contributed by atoms with Crippen molar-refractivity contribution in [3.63, 3.8) is 0 Å². The van der Waals surface area contributed by atoms with Crippen LogP contribution < -0.4 is 10.1 Å². The second-order valence-corrected chi connectivity index (χ2v) is 7.21. The molecule has 0 spiro atoms. The maximum absolute atomic E-state index is 12.2. The van der Waals surface area contributed by atoms with Crippen LogP contribution in [0.15, 0.2) is 22.7 Å². The van der Waals surface area contributed by atoms with Gasteiger partial charge in [-0.15, -0.1) is 10.2 Å². The summed E-state index contributed by atoms with van der Waals surface area (Å²) in [4.78, 5) is 18.6. The van der Waals surface area contributed by atoms with Gasteiger partial charge in [-0.05, 0) is 37.9 Å². The van der Waals surface area contributed by atoms with Crippen molar-refractivity contribution in [2.75, 3.05) is 26.7 Å². The number of ether oxygens (including phenoxy) is 1. The average Bonchev–Trinajstić information content (AvgIpc) is 3.16. The Hall–Kier alpha value is -2.48. The summed E-state index contributed by atoms with van der Waals surface area (Å²) in [5.74, 6) is 2.50. The number of piperidine rings is 1. The maximum atomic E-state index is 12.2. The number of likely N-dealkylation sites (tertiary alicyclic amines) is 1. The van der Waals surface area contributed by atoms with Crippen molar-refractivity contribution in [1.82, 2.24) is 25.4 Å². The van der Waals surface area contributed by atoms with E-state index in [4.69, 9.17) is 9.15 Å². The summed E-state index contributed by atoms with van der Waals surface area (Å²) in [5.41, 5.74) is 0.547. The van der Waals surface area contributed by atoms with E-state index in [1.165, 1.54) is 6.20 Å². The lowest BCUT2D eigenvalue weighted by Crippen LogP contribution is -2.38. The number of hydrogen-bond donors (Lipinski definition) is 1. The average molecular weight is 373 g/mol. The molecule has 1 amide bonds. The lowest BCUT2D eigenvalue weighted by atomic mass is 9.96. The molecule has 0 bridgehead atoms. The third-order valence-electron chi connectivity index (χ3n) is 4.80. The molecule has 1 aliphatic rings. The molecule has 0 unspecified atom stereocenters. The summed E-state index contributed by atoms with van der Waals surface area (Å²) in [6.45, 7) is 7.37. The highest BCUT2D eigenvalue weighted by Crippen LogP contribution is 2.19. The minimum absolute atomic E-state index is 0.0975. The zero-order chi connectivity index (χ0) is 19.2. The molecule has 0 aromatic carbocycles. The first kappa shape index (κ1) is 19.3. The van der Waals surface area contributed by atoms with E-state index in [1.807, 2.05) is 13.8 Å². The van der Waals surface area contributed by atoms with Gasteiger partial charge in [0.1, 0.15) is 0 Å². The lowest BCUT2D eigenvalue weighted by molar-refractivity contribution is 0.0933. The fourth-order valence-corrected chi connectivity index (χ4v) is 3.08. The molecule has 3 heterocycles.